The normalized spacial score (nSPS) is 12.9. The fourth-order valence-electron chi connectivity index (χ4n) is 1.35. The van der Waals surface area contributed by atoms with E-state index in [2.05, 4.69) is 16.0 Å². The average molecular weight is 302 g/mol. The second kappa shape index (κ2) is 9.56. The molecular weight excluding hydrogens is 280 g/mol. The predicted molar refractivity (Wildman–Crippen MR) is 74.3 cm³/mol. The summed E-state index contributed by atoms with van der Waals surface area (Å²) in [5.41, 5.74) is 4.88. The minimum Gasteiger partial charge on any atom is -0.480 e. The maximum Gasteiger partial charge on any atom is 0.326 e. The molecule has 21 heavy (non-hydrogen) atoms. The number of carboxylic acids is 1. The van der Waals surface area contributed by atoms with Crippen molar-refractivity contribution < 1.29 is 24.3 Å². The van der Waals surface area contributed by atoms with Gasteiger partial charge < -0.3 is 26.8 Å². The van der Waals surface area contributed by atoms with Gasteiger partial charge in [0.25, 0.3) is 0 Å². The van der Waals surface area contributed by atoms with Crippen LogP contribution in [-0.2, 0) is 14.4 Å². The Morgan fingerprint density at radius 2 is 1.81 bits per heavy atom. The highest BCUT2D eigenvalue weighted by Crippen LogP contribution is 1.92. The number of aliphatic carboxylic acids is 1. The number of primary amides is 1. The lowest BCUT2D eigenvalue weighted by Gasteiger charge is -2.14. The van der Waals surface area contributed by atoms with E-state index in [0.29, 0.717) is 0 Å². The number of carbonyl (C=O) groups excluding carboxylic acids is 3. The second-order valence-corrected chi connectivity index (χ2v) is 4.59. The first-order chi connectivity index (χ1) is 9.76. The van der Waals surface area contributed by atoms with Crippen molar-refractivity contribution in [1.82, 2.24) is 16.0 Å². The zero-order valence-electron chi connectivity index (χ0n) is 12.1. The number of nitrogens with one attached hydrogen (secondary N) is 3. The molecule has 0 aromatic rings. The summed E-state index contributed by atoms with van der Waals surface area (Å²) in [5.74, 6) is -2.41. The van der Waals surface area contributed by atoms with Gasteiger partial charge in [-0.3, -0.25) is 9.59 Å². The van der Waals surface area contributed by atoms with Crippen molar-refractivity contribution in [3.63, 3.8) is 0 Å². The van der Waals surface area contributed by atoms with Crippen LogP contribution < -0.4 is 21.7 Å². The van der Waals surface area contributed by atoms with Gasteiger partial charge in [-0.15, -0.1) is 0 Å². The van der Waals surface area contributed by atoms with Crippen molar-refractivity contribution in [2.45, 2.75) is 45.2 Å². The van der Waals surface area contributed by atoms with E-state index in [0.717, 1.165) is 6.42 Å². The molecular formula is C12H22N4O5. The minimum absolute atomic E-state index is 0.0526. The highest BCUT2D eigenvalue weighted by molar-refractivity contribution is 5.87. The summed E-state index contributed by atoms with van der Waals surface area (Å²) < 4.78 is 0. The Morgan fingerprint density at radius 1 is 1.19 bits per heavy atom. The molecule has 0 heterocycles. The van der Waals surface area contributed by atoms with Crippen LogP contribution in [-0.4, -0.2) is 47.5 Å². The molecule has 9 heteroatoms. The van der Waals surface area contributed by atoms with Crippen LogP contribution in [0.4, 0.5) is 4.79 Å². The van der Waals surface area contributed by atoms with Crippen LogP contribution in [0.15, 0.2) is 0 Å². The summed E-state index contributed by atoms with van der Waals surface area (Å²) in [7, 11) is 0. The lowest BCUT2D eigenvalue weighted by atomic mass is 10.2. The van der Waals surface area contributed by atoms with Gasteiger partial charge in [-0.05, 0) is 13.3 Å². The number of carboxylic acid groups (broad SMARTS) is 1. The SMILES string of the molecule is CCC(C)NC(=O)CCNC(=O)N[C@H](CC(N)=O)C(=O)O. The molecule has 0 spiro atoms. The monoisotopic (exact) mass is 302 g/mol. The van der Waals surface area contributed by atoms with Crippen molar-refractivity contribution in [2.24, 2.45) is 5.73 Å². The molecule has 0 bridgehead atoms. The van der Waals surface area contributed by atoms with Gasteiger partial charge in [0.15, 0.2) is 0 Å². The third-order valence-corrected chi connectivity index (χ3v) is 2.67. The molecule has 0 fully saturated rings. The fourth-order valence-corrected chi connectivity index (χ4v) is 1.35. The molecule has 1 unspecified atom stereocenters. The lowest BCUT2D eigenvalue weighted by Crippen LogP contribution is -2.48. The molecule has 0 aromatic heterocycles. The molecule has 9 nitrogen and oxygen atoms in total. The maximum absolute atomic E-state index is 11.4. The number of carbonyl (C=O) groups is 4. The van der Waals surface area contributed by atoms with Crippen molar-refractivity contribution in [3.05, 3.63) is 0 Å². The van der Waals surface area contributed by atoms with Crippen LogP contribution >= 0.6 is 0 Å². The van der Waals surface area contributed by atoms with E-state index in [1.54, 1.807) is 0 Å². The smallest absolute Gasteiger partial charge is 0.326 e. The lowest BCUT2D eigenvalue weighted by molar-refractivity contribution is -0.140. The highest BCUT2D eigenvalue weighted by Gasteiger charge is 2.21. The number of hydrogen-bond donors (Lipinski definition) is 5. The molecule has 0 saturated carbocycles. The Morgan fingerprint density at radius 3 is 2.29 bits per heavy atom. The summed E-state index contributed by atoms with van der Waals surface area (Å²) in [6.45, 7) is 3.84. The first-order valence-corrected chi connectivity index (χ1v) is 6.61. The standard InChI is InChI=1S/C12H22N4O5/c1-3-7(2)15-10(18)4-5-14-12(21)16-8(11(19)20)6-9(13)17/h7-8H,3-6H2,1-2H3,(H2,13,17)(H,15,18)(H,19,20)(H2,14,16,21)/t7?,8-/m1/s1. The van der Waals surface area contributed by atoms with Crippen LogP contribution in [0, 0.1) is 0 Å². The molecule has 0 rings (SSSR count). The number of rotatable bonds is 9. The second-order valence-electron chi connectivity index (χ2n) is 4.59. The number of amides is 4. The molecule has 120 valence electrons. The van der Waals surface area contributed by atoms with Gasteiger partial charge in [0, 0.05) is 19.0 Å². The van der Waals surface area contributed by atoms with E-state index in [4.69, 9.17) is 10.8 Å². The summed E-state index contributed by atoms with van der Waals surface area (Å²) in [4.78, 5) is 44.3. The zero-order chi connectivity index (χ0) is 16.4. The van der Waals surface area contributed by atoms with Crippen LogP contribution in [0.2, 0.25) is 0 Å². The van der Waals surface area contributed by atoms with E-state index < -0.39 is 30.4 Å². The van der Waals surface area contributed by atoms with Crippen molar-refractivity contribution in [3.8, 4) is 0 Å². The summed E-state index contributed by atoms with van der Waals surface area (Å²) in [6, 6.07) is -2.12. The maximum atomic E-state index is 11.4. The van der Waals surface area contributed by atoms with Gasteiger partial charge in [-0.2, -0.15) is 0 Å². The molecule has 0 aromatic carbocycles. The van der Waals surface area contributed by atoms with Gasteiger partial charge in [-0.25, -0.2) is 9.59 Å². The Kier molecular flexibility index (Phi) is 8.51. The van der Waals surface area contributed by atoms with Crippen LogP contribution in [0.5, 0.6) is 0 Å². The minimum atomic E-state index is -1.39. The van der Waals surface area contributed by atoms with Gasteiger partial charge in [0.05, 0.1) is 6.42 Å². The summed E-state index contributed by atoms with van der Waals surface area (Å²) in [5, 5.41) is 15.9. The number of nitrogens with two attached hydrogens (primary N) is 1. The third-order valence-electron chi connectivity index (χ3n) is 2.67. The van der Waals surface area contributed by atoms with Crippen LogP contribution in [0.3, 0.4) is 0 Å². The predicted octanol–water partition coefficient (Wildman–Crippen LogP) is -1.08. The van der Waals surface area contributed by atoms with E-state index in [9.17, 15) is 19.2 Å². The highest BCUT2D eigenvalue weighted by atomic mass is 16.4. The van der Waals surface area contributed by atoms with Crippen LogP contribution in [0.1, 0.15) is 33.1 Å². The molecule has 0 radical (unpaired) electrons. The first kappa shape index (κ1) is 18.7. The molecule has 6 N–H and O–H groups in total. The topological polar surface area (TPSA) is 151 Å². The van der Waals surface area contributed by atoms with Crippen molar-refractivity contribution in [2.75, 3.05) is 6.54 Å². The van der Waals surface area contributed by atoms with E-state index in [1.807, 2.05) is 13.8 Å². The quantitative estimate of drug-likeness (QED) is 0.367. The Labute approximate surface area is 122 Å². The average Bonchev–Trinajstić information content (AvgIpc) is 2.36. The molecule has 4 amide bonds. The largest absolute Gasteiger partial charge is 0.480 e. The fraction of sp³-hybridized carbons (Fsp3) is 0.667. The van der Waals surface area contributed by atoms with E-state index in [1.165, 1.54) is 0 Å². The number of urea groups is 1. The number of hydrogen-bond acceptors (Lipinski definition) is 4. The van der Waals surface area contributed by atoms with Crippen molar-refractivity contribution >= 4 is 23.8 Å². The van der Waals surface area contributed by atoms with Crippen molar-refractivity contribution in [1.29, 1.82) is 0 Å². The zero-order valence-corrected chi connectivity index (χ0v) is 12.1. The summed E-state index contributed by atoms with van der Waals surface area (Å²) >= 11 is 0. The Balaban J connectivity index is 4.05. The van der Waals surface area contributed by atoms with Gasteiger partial charge in [0.2, 0.25) is 11.8 Å². The molecule has 0 aliphatic carbocycles. The molecule has 0 aliphatic heterocycles. The molecule has 2 atom stereocenters. The molecule has 0 aliphatic rings. The van der Waals surface area contributed by atoms with Gasteiger partial charge in [0.1, 0.15) is 6.04 Å². The van der Waals surface area contributed by atoms with E-state index in [-0.39, 0.29) is 24.9 Å². The van der Waals surface area contributed by atoms with Gasteiger partial charge >= 0.3 is 12.0 Å². The van der Waals surface area contributed by atoms with Crippen LogP contribution in [0.25, 0.3) is 0 Å². The Bertz CT molecular complexity index is 399. The third kappa shape index (κ3) is 9.25. The first-order valence-electron chi connectivity index (χ1n) is 6.61. The van der Waals surface area contributed by atoms with E-state index >= 15 is 0 Å². The molecule has 0 saturated heterocycles. The summed E-state index contributed by atoms with van der Waals surface area (Å²) in [6.07, 6.45) is 0.371. The van der Waals surface area contributed by atoms with Gasteiger partial charge in [-0.1, -0.05) is 6.92 Å². The Hall–Kier alpha value is -2.32.